The normalized spacial score (nSPS) is 10.4. The highest BCUT2D eigenvalue weighted by atomic mass is 35.5. The van der Waals surface area contributed by atoms with Gasteiger partial charge in [-0.15, -0.1) is 0 Å². The van der Waals surface area contributed by atoms with Crippen LogP contribution in [0.4, 0.5) is 0 Å². The van der Waals surface area contributed by atoms with E-state index in [0.717, 1.165) is 11.1 Å². The molecule has 92 valence electrons. The summed E-state index contributed by atoms with van der Waals surface area (Å²) in [5.74, 6) is -0.00948. The summed E-state index contributed by atoms with van der Waals surface area (Å²) in [5.41, 5.74) is 2.26. The monoisotopic (exact) mass is 279 g/mol. The van der Waals surface area contributed by atoms with E-state index in [2.05, 4.69) is 4.98 Å². The average Bonchev–Trinajstić information content (AvgIpc) is 2.35. The van der Waals surface area contributed by atoms with Crippen molar-refractivity contribution in [3.63, 3.8) is 0 Å². The lowest BCUT2D eigenvalue weighted by Crippen LogP contribution is -2.06. The van der Waals surface area contributed by atoms with Crippen molar-refractivity contribution in [1.82, 2.24) is 4.98 Å². The molecule has 0 N–H and O–H groups in total. The third kappa shape index (κ3) is 2.71. The number of carbonyl (C=O) groups excluding carboxylic acids is 1. The first-order valence-electron chi connectivity index (χ1n) is 5.46. The molecule has 0 aliphatic rings. The quantitative estimate of drug-likeness (QED) is 0.791. The molecule has 0 radical (unpaired) electrons. The molecule has 4 heteroatoms. The Balaban J connectivity index is 2.27. The van der Waals surface area contributed by atoms with Crippen LogP contribution in [0, 0.1) is 6.92 Å². The maximum atomic E-state index is 12.2. The highest BCUT2D eigenvalue weighted by Crippen LogP contribution is 2.26. The number of hydrogen-bond donors (Lipinski definition) is 0. The van der Waals surface area contributed by atoms with Crippen molar-refractivity contribution in [3.8, 4) is 0 Å². The first-order valence-corrected chi connectivity index (χ1v) is 6.22. The van der Waals surface area contributed by atoms with Gasteiger partial charge in [0, 0.05) is 24.4 Å². The predicted molar refractivity (Wildman–Crippen MR) is 73.5 cm³/mol. The fourth-order valence-corrected chi connectivity index (χ4v) is 2.10. The maximum Gasteiger partial charge on any atom is 0.169 e. The minimum absolute atomic E-state index is 0.00948. The number of hydrogen-bond acceptors (Lipinski definition) is 2. The van der Waals surface area contributed by atoms with Crippen molar-refractivity contribution in [3.05, 3.63) is 63.4 Å². The second kappa shape index (κ2) is 5.51. The van der Waals surface area contributed by atoms with Gasteiger partial charge in [0.05, 0.1) is 10.0 Å². The summed E-state index contributed by atoms with van der Waals surface area (Å²) in [6, 6.07) is 7.10. The largest absolute Gasteiger partial charge is 0.294 e. The molecule has 0 aliphatic carbocycles. The molecule has 0 spiro atoms. The zero-order chi connectivity index (χ0) is 13.1. The summed E-state index contributed by atoms with van der Waals surface area (Å²) in [7, 11) is 0. The molecule has 0 saturated heterocycles. The standard InChI is InChI=1S/C14H11Cl2NO/c1-9-5-6-17-8-11(9)13(18)7-10-3-2-4-12(15)14(10)16/h2-6,8H,7H2,1H3. The Morgan fingerprint density at radius 3 is 2.78 bits per heavy atom. The van der Waals surface area contributed by atoms with Crippen LogP contribution in [0.5, 0.6) is 0 Å². The van der Waals surface area contributed by atoms with Crippen LogP contribution in [0.1, 0.15) is 21.5 Å². The predicted octanol–water partition coefficient (Wildman–Crippen LogP) is 4.12. The highest BCUT2D eigenvalue weighted by molar-refractivity contribution is 6.42. The molecule has 0 fully saturated rings. The first kappa shape index (κ1) is 13.1. The summed E-state index contributed by atoms with van der Waals surface area (Å²) in [6.45, 7) is 1.88. The second-order valence-electron chi connectivity index (χ2n) is 4.00. The third-order valence-corrected chi connectivity index (χ3v) is 3.58. The topological polar surface area (TPSA) is 30.0 Å². The van der Waals surface area contributed by atoms with E-state index in [0.29, 0.717) is 15.6 Å². The van der Waals surface area contributed by atoms with Crippen molar-refractivity contribution in [2.75, 3.05) is 0 Å². The van der Waals surface area contributed by atoms with Crippen molar-refractivity contribution < 1.29 is 4.79 Å². The van der Waals surface area contributed by atoms with Crippen molar-refractivity contribution in [2.24, 2.45) is 0 Å². The van der Waals surface area contributed by atoms with Crippen molar-refractivity contribution in [2.45, 2.75) is 13.3 Å². The van der Waals surface area contributed by atoms with Crippen molar-refractivity contribution >= 4 is 29.0 Å². The number of rotatable bonds is 3. The van der Waals surface area contributed by atoms with Crippen LogP contribution in [-0.2, 0) is 6.42 Å². The van der Waals surface area contributed by atoms with E-state index in [1.165, 1.54) is 0 Å². The van der Waals surface area contributed by atoms with Gasteiger partial charge in [-0.2, -0.15) is 0 Å². The molecular weight excluding hydrogens is 269 g/mol. The summed E-state index contributed by atoms with van der Waals surface area (Å²) in [4.78, 5) is 16.1. The molecule has 0 atom stereocenters. The van der Waals surface area contributed by atoms with Crippen LogP contribution in [0.2, 0.25) is 10.0 Å². The number of aromatic nitrogens is 1. The number of benzene rings is 1. The van der Waals surface area contributed by atoms with Gasteiger partial charge in [0.15, 0.2) is 5.78 Å². The molecule has 2 nitrogen and oxygen atoms in total. The van der Waals surface area contributed by atoms with Gasteiger partial charge in [0.1, 0.15) is 0 Å². The number of halogens is 2. The fraction of sp³-hybridized carbons (Fsp3) is 0.143. The second-order valence-corrected chi connectivity index (χ2v) is 4.79. The van der Waals surface area contributed by atoms with Gasteiger partial charge in [0.25, 0.3) is 0 Å². The Hall–Kier alpha value is -1.38. The zero-order valence-corrected chi connectivity index (χ0v) is 11.3. The minimum Gasteiger partial charge on any atom is -0.294 e. The lowest BCUT2D eigenvalue weighted by molar-refractivity contribution is 0.0992. The summed E-state index contributed by atoms with van der Waals surface area (Å²) in [5, 5.41) is 0.902. The van der Waals surface area contributed by atoms with E-state index in [1.807, 2.05) is 13.0 Å². The van der Waals surface area contributed by atoms with Crippen molar-refractivity contribution in [1.29, 1.82) is 0 Å². The van der Waals surface area contributed by atoms with Crippen LogP contribution < -0.4 is 0 Å². The van der Waals surface area contributed by atoms with Gasteiger partial charge in [0.2, 0.25) is 0 Å². The molecule has 0 bridgehead atoms. The number of Topliss-reactive ketones (excluding diaryl/α,β-unsaturated/α-hetero) is 1. The molecule has 1 aromatic carbocycles. The average molecular weight is 280 g/mol. The molecule has 2 aromatic rings. The van der Waals surface area contributed by atoms with Crippen LogP contribution in [0.3, 0.4) is 0 Å². The molecule has 18 heavy (non-hydrogen) atoms. The van der Waals surface area contributed by atoms with E-state index in [4.69, 9.17) is 23.2 Å². The Kier molecular flexibility index (Phi) is 4.00. The summed E-state index contributed by atoms with van der Waals surface area (Å²) < 4.78 is 0. The number of nitrogens with zero attached hydrogens (tertiary/aromatic N) is 1. The first-order chi connectivity index (χ1) is 8.59. The lowest BCUT2D eigenvalue weighted by Gasteiger charge is -2.06. The fourth-order valence-electron chi connectivity index (χ4n) is 1.71. The van der Waals surface area contributed by atoms with Crippen LogP contribution >= 0.6 is 23.2 Å². The van der Waals surface area contributed by atoms with Gasteiger partial charge in [-0.3, -0.25) is 9.78 Å². The number of aryl methyl sites for hydroxylation is 1. The van der Waals surface area contributed by atoms with Gasteiger partial charge >= 0.3 is 0 Å². The van der Waals surface area contributed by atoms with Gasteiger partial charge in [-0.05, 0) is 30.2 Å². The minimum atomic E-state index is -0.00948. The molecule has 2 rings (SSSR count). The number of ketones is 1. The molecule has 1 aromatic heterocycles. The molecule has 0 saturated carbocycles. The summed E-state index contributed by atoms with van der Waals surface area (Å²) >= 11 is 12.0. The Morgan fingerprint density at radius 2 is 2.06 bits per heavy atom. The Labute approximate surface area is 116 Å². The van der Waals surface area contributed by atoms with E-state index < -0.39 is 0 Å². The van der Waals surface area contributed by atoms with Crippen LogP contribution in [0.15, 0.2) is 36.7 Å². The molecule has 0 amide bonds. The van der Waals surface area contributed by atoms with Gasteiger partial charge < -0.3 is 0 Å². The maximum absolute atomic E-state index is 12.2. The van der Waals surface area contributed by atoms with E-state index in [1.54, 1.807) is 30.6 Å². The summed E-state index contributed by atoms with van der Waals surface area (Å²) in [6.07, 6.45) is 3.47. The SMILES string of the molecule is Cc1ccncc1C(=O)Cc1cccc(Cl)c1Cl. The Morgan fingerprint density at radius 1 is 1.28 bits per heavy atom. The lowest BCUT2D eigenvalue weighted by atomic mass is 10.0. The van der Waals surface area contributed by atoms with E-state index in [9.17, 15) is 4.79 Å². The molecule has 0 unspecified atom stereocenters. The number of carbonyl (C=O) groups is 1. The zero-order valence-electron chi connectivity index (χ0n) is 9.78. The third-order valence-electron chi connectivity index (χ3n) is 2.72. The van der Waals surface area contributed by atoms with E-state index >= 15 is 0 Å². The molecule has 1 heterocycles. The van der Waals surface area contributed by atoms with Gasteiger partial charge in [-0.25, -0.2) is 0 Å². The molecular formula is C14H11Cl2NO. The smallest absolute Gasteiger partial charge is 0.169 e. The highest BCUT2D eigenvalue weighted by Gasteiger charge is 2.13. The van der Waals surface area contributed by atoms with Gasteiger partial charge in [-0.1, -0.05) is 35.3 Å². The Bertz CT molecular complexity index is 596. The van der Waals surface area contributed by atoms with Crippen LogP contribution in [0.25, 0.3) is 0 Å². The van der Waals surface area contributed by atoms with Crippen LogP contribution in [-0.4, -0.2) is 10.8 Å². The number of pyridine rings is 1. The van der Waals surface area contributed by atoms with E-state index in [-0.39, 0.29) is 12.2 Å². The molecule has 0 aliphatic heterocycles.